The summed E-state index contributed by atoms with van der Waals surface area (Å²) in [6.45, 7) is 9.89. The van der Waals surface area contributed by atoms with E-state index in [1.807, 2.05) is 29.1 Å². The fourth-order valence-corrected chi connectivity index (χ4v) is 3.88. The van der Waals surface area contributed by atoms with Crippen LogP contribution in [0.3, 0.4) is 0 Å². The van der Waals surface area contributed by atoms with E-state index in [9.17, 15) is 9.59 Å². The molecule has 27 heavy (non-hydrogen) atoms. The first-order valence-corrected chi connectivity index (χ1v) is 10.5. The maximum Gasteiger partial charge on any atom is 0.242 e. The molecule has 0 aliphatic heterocycles. The van der Waals surface area contributed by atoms with Gasteiger partial charge in [0.1, 0.15) is 6.54 Å². The van der Waals surface area contributed by atoms with Crippen LogP contribution in [-0.2, 0) is 23.2 Å². The Morgan fingerprint density at radius 2 is 1.89 bits per heavy atom. The van der Waals surface area contributed by atoms with Crippen molar-refractivity contribution in [1.29, 1.82) is 0 Å². The first kappa shape index (κ1) is 21.5. The van der Waals surface area contributed by atoms with Crippen LogP contribution in [0.4, 0.5) is 0 Å². The number of aryl methyl sites for hydroxylation is 1. The van der Waals surface area contributed by atoms with Crippen LogP contribution in [0.2, 0.25) is 0 Å². The number of rotatable bonds is 9. The van der Waals surface area contributed by atoms with E-state index < -0.39 is 0 Å². The zero-order chi connectivity index (χ0) is 20.0. The largest absolute Gasteiger partial charge is 0.353 e. The lowest BCUT2D eigenvalue weighted by Crippen LogP contribution is -2.48. The number of hydrogen-bond acceptors (Lipinski definition) is 2. The minimum Gasteiger partial charge on any atom is -0.353 e. The average Bonchev–Trinajstić information content (AvgIpc) is 3.29. The topological polar surface area (TPSA) is 45.6 Å². The lowest BCUT2D eigenvalue weighted by molar-refractivity contribution is -0.145. The summed E-state index contributed by atoms with van der Waals surface area (Å²) < 4.78 is 2.05. The number of amides is 2. The number of carbonyl (C=O) groups excluding carboxylic acids is 2. The third-order valence-electron chi connectivity index (χ3n) is 5.76. The Morgan fingerprint density at radius 3 is 2.41 bits per heavy atom. The second-order valence-corrected chi connectivity index (χ2v) is 8.48. The zero-order valence-electron chi connectivity index (χ0n) is 17.8. The predicted octanol–water partition coefficient (Wildman–Crippen LogP) is 3.83. The molecule has 1 unspecified atom stereocenters. The number of aromatic nitrogens is 1. The Bertz CT molecular complexity index is 617. The van der Waals surface area contributed by atoms with Gasteiger partial charge in [-0.05, 0) is 44.2 Å². The van der Waals surface area contributed by atoms with E-state index in [0.717, 1.165) is 37.8 Å². The highest BCUT2D eigenvalue weighted by atomic mass is 16.2. The van der Waals surface area contributed by atoms with Crippen molar-refractivity contribution < 1.29 is 9.59 Å². The molecule has 5 heteroatoms. The summed E-state index contributed by atoms with van der Waals surface area (Å²) in [6, 6.07) is 4.15. The highest BCUT2D eigenvalue weighted by Crippen LogP contribution is 2.27. The normalized spacial score (nSPS) is 15.9. The van der Waals surface area contributed by atoms with Crippen LogP contribution >= 0.6 is 0 Å². The van der Waals surface area contributed by atoms with E-state index in [0.29, 0.717) is 19.0 Å². The molecule has 1 heterocycles. The van der Waals surface area contributed by atoms with Crippen LogP contribution in [0.1, 0.15) is 65.5 Å². The molecule has 0 aromatic carbocycles. The highest BCUT2D eigenvalue weighted by molar-refractivity contribution is 5.86. The van der Waals surface area contributed by atoms with Gasteiger partial charge in [0.25, 0.3) is 0 Å². The number of hydrogen-bond donors (Lipinski definition) is 0. The smallest absolute Gasteiger partial charge is 0.242 e. The summed E-state index contributed by atoms with van der Waals surface area (Å²) >= 11 is 0. The fraction of sp³-hybridized carbons (Fsp3) is 0.727. The minimum absolute atomic E-state index is 0.0524. The summed E-state index contributed by atoms with van der Waals surface area (Å²) in [4.78, 5) is 30.0. The fourth-order valence-electron chi connectivity index (χ4n) is 3.88. The van der Waals surface area contributed by atoms with Gasteiger partial charge < -0.3 is 14.4 Å². The van der Waals surface area contributed by atoms with E-state index in [1.54, 1.807) is 0 Å². The molecule has 1 aromatic rings. The maximum absolute atomic E-state index is 13.2. The van der Waals surface area contributed by atoms with Crippen LogP contribution in [0.25, 0.3) is 0 Å². The van der Waals surface area contributed by atoms with Crippen LogP contribution in [0, 0.1) is 11.8 Å². The molecule has 1 fully saturated rings. The highest BCUT2D eigenvalue weighted by Gasteiger charge is 2.31. The molecule has 2 amide bonds. The van der Waals surface area contributed by atoms with Gasteiger partial charge in [-0.3, -0.25) is 9.59 Å². The van der Waals surface area contributed by atoms with Gasteiger partial charge >= 0.3 is 0 Å². The van der Waals surface area contributed by atoms with Crippen molar-refractivity contribution in [2.24, 2.45) is 18.9 Å². The van der Waals surface area contributed by atoms with Crippen molar-refractivity contribution in [1.82, 2.24) is 14.4 Å². The van der Waals surface area contributed by atoms with Crippen molar-refractivity contribution in [3.63, 3.8) is 0 Å². The third-order valence-corrected chi connectivity index (χ3v) is 5.76. The molecule has 0 radical (unpaired) electrons. The first-order valence-electron chi connectivity index (χ1n) is 10.5. The Kier molecular flexibility index (Phi) is 7.93. The van der Waals surface area contributed by atoms with Gasteiger partial charge in [0.05, 0.1) is 6.54 Å². The van der Waals surface area contributed by atoms with Crippen molar-refractivity contribution in [3.05, 3.63) is 24.0 Å². The van der Waals surface area contributed by atoms with Crippen LogP contribution in [-0.4, -0.2) is 45.3 Å². The van der Waals surface area contributed by atoms with Gasteiger partial charge in [0.2, 0.25) is 11.8 Å². The molecule has 1 aromatic heterocycles. The van der Waals surface area contributed by atoms with Gasteiger partial charge in [-0.25, -0.2) is 0 Å². The molecule has 1 atom stereocenters. The minimum atomic E-state index is 0.0524. The summed E-state index contributed by atoms with van der Waals surface area (Å²) in [5, 5.41) is 0. The molecule has 0 saturated heterocycles. The van der Waals surface area contributed by atoms with Crippen LogP contribution < -0.4 is 0 Å². The van der Waals surface area contributed by atoms with E-state index in [2.05, 4.69) is 38.3 Å². The van der Waals surface area contributed by atoms with Gasteiger partial charge in [-0.2, -0.15) is 0 Å². The maximum atomic E-state index is 13.2. The third kappa shape index (κ3) is 5.85. The first-order chi connectivity index (χ1) is 12.8. The Morgan fingerprint density at radius 1 is 1.22 bits per heavy atom. The molecule has 0 N–H and O–H groups in total. The quantitative estimate of drug-likeness (QED) is 0.658. The molecule has 1 saturated carbocycles. The van der Waals surface area contributed by atoms with Crippen molar-refractivity contribution in [3.8, 4) is 0 Å². The molecular formula is C22H37N3O2. The lowest BCUT2D eigenvalue weighted by Gasteiger charge is -2.33. The summed E-state index contributed by atoms with van der Waals surface area (Å²) in [5.41, 5.74) is 1.11. The van der Waals surface area contributed by atoms with Crippen molar-refractivity contribution in [2.45, 2.75) is 72.4 Å². The van der Waals surface area contributed by atoms with Gasteiger partial charge in [0.15, 0.2) is 0 Å². The van der Waals surface area contributed by atoms with E-state index in [4.69, 9.17) is 0 Å². The summed E-state index contributed by atoms with van der Waals surface area (Å²) in [7, 11) is 2.00. The molecule has 0 bridgehead atoms. The van der Waals surface area contributed by atoms with Crippen molar-refractivity contribution >= 4 is 11.8 Å². The van der Waals surface area contributed by atoms with E-state index >= 15 is 0 Å². The predicted molar refractivity (Wildman–Crippen MR) is 109 cm³/mol. The number of nitrogens with zero attached hydrogens (tertiary/aromatic N) is 3. The van der Waals surface area contributed by atoms with E-state index in [-0.39, 0.29) is 30.3 Å². The van der Waals surface area contributed by atoms with Crippen molar-refractivity contribution in [2.75, 3.05) is 13.1 Å². The van der Waals surface area contributed by atoms with Crippen LogP contribution in [0.5, 0.6) is 0 Å². The Balaban J connectivity index is 2.12. The lowest BCUT2D eigenvalue weighted by atomic mass is 10.0. The molecule has 1 aliphatic carbocycles. The summed E-state index contributed by atoms with van der Waals surface area (Å²) in [6.07, 6.45) is 7.07. The second kappa shape index (κ2) is 9.95. The monoisotopic (exact) mass is 375 g/mol. The van der Waals surface area contributed by atoms with E-state index in [1.165, 1.54) is 0 Å². The molecule has 1 aliphatic rings. The van der Waals surface area contributed by atoms with Gasteiger partial charge in [-0.1, -0.05) is 33.6 Å². The standard InChI is InChI=1S/C22H37N3O2/c1-6-18(4)25(22(27)19-10-7-8-11-19)16-21(26)24(14-17(2)3)15-20-12-9-13-23(20)5/h9,12-13,17-19H,6-8,10-11,14-16H2,1-5H3. The van der Waals surface area contributed by atoms with Gasteiger partial charge in [0, 0.05) is 37.4 Å². The Hall–Kier alpha value is -1.78. The molecule has 5 nitrogen and oxygen atoms in total. The molecular weight excluding hydrogens is 338 g/mol. The van der Waals surface area contributed by atoms with Gasteiger partial charge in [-0.15, -0.1) is 0 Å². The molecule has 152 valence electrons. The average molecular weight is 376 g/mol. The molecule has 2 rings (SSSR count). The number of carbonyl (C=O) groups is 2. The molecule has 0 spiro atoms. The Labute approximate surface area is 164 Å². The van der Waals surface area contributed by atoms with Crippen LogP contribution in [0.15, 0.2) is 18.3 Å². The summed E-state index contributed by atoms with van der Waals surface area (Å²) in [5.74, 6) is 0.727. The zero-order valence-corrected chi connectivity index (χ0v) is 17.8. The second-order valence-electron chi connectivity index (χ2n) is 8.48. The SMILES string of the molecule is CCC(C)N(CC(=O)N(Cc1cccn1C)CC(C)C)C(=O)C1CCCC1.